The molecule has 23 heavy (non-hydrogen) atoms. The van der Waals surface area contributed by atoms with Crippen LogP contribution in [0, 0.1) is 6.92 Å². The van der Waals surface area contributed by atoms with Crippen molar-refractivity contribution in [1.82, 2.24) is 9.29 Å². The highest BCUT2D eigenvalue weighted by molar-refractivity contribution is 7.89. The molecular weight excluding hydrogens is 326 g/mol. The van der Waals surface area contributed by atoms with Crippen LogP contribution in [0.25, 0.3) is 10.9 Å². The topological polar surface area (TPSA) is 59.5 Å². The molecule has 0 aliphatic rings. The number of aromatic nitrogens is 1. The predicted octanol–water partition coefficient (Wildman–Crippen LogP) is 2.45. The van der Waals surface area contributed by atoms with Gasteiger partial charge in [0.15, 0.2) is 0 Å². The lowest BCUT2D eigenvalue weighted by atomic mass is 10.2. The van der Waals surface area contributed by atoms with Crippen LogP contribution >= 0.6 is 0 Å². The van der Waals surface area contributed by atoms with Gasteiger partial charge in [-0.25, -0.2) is 17.2 Å². The van der Waals surface area contributed by atoms with Crippen molar-refractivity contribution in [1.29, 1.82) is 0 Å². The predicted molar refractivity (Wildman–Crippen MR) is 83.1 cm³/mol. The van der Waals surface area contributed by atoms with Crippen molar-refractivity contribution in [3.8, 4) is 0 Å². The second kappa shape index (κ2) is 7.29. The van der Waals surface area contributed by atoms with E-state index in [1.54, 1.807) is 31.2 Å². The third-order valence-corrected chi connectivity index (χ3v) is 5.22. The van der Waals surface area contributed by atoms with Crippen LogP contribution in [0.5, 0.6) is 0 Å². The van der Waals surface area contributed by atoms with Crippen molar-refractivity contribution in [3.63, 3.8) is 0 Å². The number of hydrogen-bond donors (Lipinski definition) is 0. The lowest BCUT2D eigenvalue weighted by molar-refractivity contribution is 0.106. The van der Waals surface area contributed by atoms with E-state index in [9.17, 15) is 17.2 Å². The summed E-state index contributed by atoms with van der Waals surface area (Å²) in [5, 5.41) is 0.639. The molecule has 126 valence electrons. The summed E-state index contributed by atoms with van der Waals surface area (Å²) in [6.07, 6.45) is -2.77. The first-order valence-corrected chi connectivity index (χ1v) is 8.44. The second-order valence-corrected chi connectivity index (χ2v) is 6.93. The van der Waals surface area contributed by atoms with Crippen LogP contribution in [0.2, 0.25) is 0 Å². The Kier molecular flexibility index (Phi) is 5.61. The molecule has 0 aliphatic heterocycles. The van der Waals surface area contributed by atoms with E-state index in [-0.39, 0.29) is 23.6 Å². The Bertz CT molecular complexity index is 781. The number of alkyl halides is 2. The van der Waals surface area contributed by atoms with E-state index in [0.717, 1.165) is 4.31 Å². The summed E-state index contributed by atoms with van der Waals surface area (Å²) in [7, 11) is -2.72. The summed E-state index contributed by atoms with van der Waals surface area (Å²) >= 11 is 0. The number of aryl methyl sites for hydroxylation is 1. The van der Waals surface area contributed by atoms with Gasteiger partial charge in [-0.3, -0.25) is 4.98 Å². The summed E-state index contributed by atoms with van der Waals surface area (Å²) in [5.41, 5.74) is 0.932. The zero-order valence-corrected chi connectivity index (χ0v) is 13.7. The van der Waals surface area contributed by atoms with Crippen molar-refractivity contribution in [2.45, 2.75) is 18.2 Å². The van der Waals surface area contributed by atoms with Gasteiger partial charge in [0, 0.05) is 24.7 Å². The summed E-state index contributed by atoms with van der Waals surface area (Å²) in [4.78, 5) is 4.19. The zero-order valence-electron chi connectivity index (χ0n) is 12.9. The number of methoxy groups -OCH3 is 1. The van der Waals surface area contributed by atoms with E-state index < -0.39 is 23.0 Å². The number of hydrogen-bond acceptors (Lipinski definition) is 4. The highest BCUT2D eigenvalue weighted by atomic mass is 32.2. The third-order valence-electron chi connectivity index (χ3n) is 3.33. The quantitative estimate of drug-likeness (QED) is 0.774. The van der Waals surface area contributed by atoms with Gasteiger partial charge in [0.2, 0.25) is 10.0 Å². The van der Waals surface area contributed by atoms with Crippen LogP contribution in [-0.2, 0) is 14.8 Å². The molecule has 1 aromatic carbocycles. The highest BCUT2D eigenvalue weighted by Gasteiger charge is 2.29. The Labute approximate surface area is 133 Å². The maximum absolute atomic E-state index is 12.8. The van der Waals surface area contributed by atoms with Gasteiger partial charge in [-0.15, -0.1) is 0 Å². The number of pyridine rings is 1. The molecule has 0 saturated carbocycles. The molecule has 0 aliphatic carbocycles. The summed E-state index contributed by atoms with van der Waals surface area (Å²) in [6, 6.07) is 8.20. The largest absolute Gasteiger partial charge is 0.383 e. The Balaban J connectivity index is 2.54. The molecule has 0 saturated heterocycles. The van der Waals surface area contributed by atoms with Crippen LogP contribution in [-0.4, -0.2) is 50.9 Å². The van der Waals surface area contributed by atoms with Gasteiger partial charge in [0.25, 0.3) is 6.43 Å². The Hall–Kier alpha value is -1.64. The van der Waals surface area contributed by atoms with E-state index in [0.29, 0.717) is 11.1 Å². The summed E-state index contributed by atoms with van der Waals surface area (Å²) in [6.45, 7) is 0.743. The Morgan fingerprint density at radius 1 is 1.26 bits per heavy atom. The molecule has 1 heterocycles. The lowest BCUT2D eigenvalue weighted by Gasteiger charge is -2.22. The monoisotopic (exact) mass is 344 g/mol. The van der Waals surface area contributed by atoms with Crippen LogP contribution in [0.1, 0.15) is 5.69 Å². The molecule has 0 atom stereocenters. The van der Waals surface area contributed by atoms with Crippen LogP contribution in [0.4, 0.5) is 8.78 Å². The average molecular weight is 344 g/mol. The van der Waals surface area contributed by atoms with Crippen molar-refractivity contribution in [2.75, 3.05) is 26.8 Å². The number of fused-ring (bicyclic) bond motifs is 1. The summed E-state index contributed by atoms with van der Waals surface area (Å²) in [5.74, 6) is 0. The van der Waals surface area contributed by atoms with Gasteiger partial charge in [-0.05, 0) is 19.1 Å². The number of sulfonamides is 1. The third kappa shape index (κ3) is 4.01. The van der Waals surface area contributed by atoms with Crippen molar-refractivity contribution in [3.05, 3.63) is 36.0 Å². The lowest BCUT2D eigenvalue weighted by Crippen LogP contribution is -2.37. The highest BCUT2D eigenvalue weighted by Crippen LogP contribution is 2.25. The average Bonchev–Trinajstić information content (AvgIpc) is 2.50. The zero-order chi connectivity index (χ0) is 17.0. The smallest absolute Gasteiger partial charge is 0.252 e. The number of nitrogens with zero attached hydrogens (tertiary/aromatic N) is 2. The molecule has 0 spiro atoms. The maximum Gasteiger partial charge on any atom is 0.252 e. The van der Waals surface area contributed by atoms with Gasteiger partial charge in [-0.2, -0.15) is 4.31 Å². The fourth-order valence-electron chi connectivity index (χ4n) is 2.22. The number of benzene rings is 1. The van der Waals surface area contributed by atoms with Gasteiger partial charge >= 0.3 is 0 Å². The molecule has 0 radical (unpaired) electrons. The summed E-state index contributed by atoms with van der Waals surface area (Å²) < 4.78 is 56.7. The van der Waals surface area contributed by atoms with Gasteiger partial charge < -0.3 is 4.74 Å². The molecular formula is C15H18F2N2O3S. The van der Waals surface area contributed by atoms with E-state index in [1.165, 1.54) is 13.2 Å². The molecule has 1 aromatic heterocycles. The Morgan fingerprint density at radius 2 is 2.00 bits per heavy atom. The van der Waals surface area contributed by atoms with Crippen LogP contribution in [0.3, 0.4) is 0 Å². The van der Waals surface area contributed by atoms with Crippen molar-refractivity contribution in [2.24, 2.45) is 0 Å². The number of halogens is 2. The SMILES string of the molecule is COCCN(CC(F)F)S(=O)(=O)c1cccc2ccc(C)nc12. The number of ether oxygens (including phenoxy) is 1. The van der Waals surface area contributed by atoms with Crippen molar-refractivity contribution < 1.29 is 21.9 Å². The first kappa shape index (κ1) is 17.7. The van der Waals surface area contributed by atoms with Gasteiger partial charge in [-0.1, -0.05) is 18.2 Å². The maximum atomic E-state index is 12.8. The van der Waals surface area contributed by atoms with Gasteiger partial charge in [0.05, 0.1) is 18.7 Å². The van der Waals surface area contributed by atoms with E-state index in [2.05, 4.69) is 4.98 Å². The fourth-order valence-corrected chi connectivity index (χ4v) is 3.78. The van der Waals surface area contributed by atoms with Gasteiger partial charge in [0.1, 0.15) is 4.90 Å². The number of rotatable bonds is 7. The fraction of sp³-hybridized carbons (Fsp3) is 0.400. The molecule has 2 aromatic rings. The number of para-hydroxylation sites is 1. The molecule has 5 nitrogen and oxygen atoms in total. The van der Waals surface area contributed by atoms with Crippen LogP contribution < -0.4 is 0 Å². The minimum absolute atomic E-state index is 0.0309. The van der Waals surface area contributed by atoms with Crippen LogP contribution in [0.15, 0.2) is 35.2 Å². The molecule has 2 rings (SSSR count). The minimum atomic E-state index is -4.10. The molecule has 0 unspecified atom stereocenters. The standard InChI is InChI=1S/C15H18F2N2O3S/c1-11-6-7-12-4-3-5-13(15(12)18-11)23(20,21)19(8-9-22-2)10-14(16)17/h3-7,14H,8-10H2,1-2H3. The van der Waals surface area contributed by atoms with E-state index >= 15 is 0 Å². The molecule has 0 N–H and O–H groups in total. The second-order valence-electron chi connectivity index (χ2n) is 5.03. The first-order chi connectivity index (χ1) is 10.9. The molecule has 0 fully saturated rings. The molecule has 0 amide bonds. The normalized spacial score (nSPS) is 12.4. The first-order valence-electron chi connectivity index (χ1n) is 7.00. The van der Waals surface area contributed by atoms with E-state index in [1.807, 2.05) is 0 Å². The van der Waals surface area contributed by atoms with Crippen molar-refractivity contribution >= 4 is 20.9 Å². The molecule has 0 bridgehead atoms. The molecule has 8 heteroatoms. The Morgan fingerprint density at radius 3 is 2.65 bits per heavy atom. The minimum Gasteiger partial charge on any atom is -0.383 e. The van der Waals surface area contributed by atoms with E-state index in [4.69, 9.17) is 4.74 Å².